The van der Waals surface area contributed by atoms with Gasteiger partial charge in [0.15, 0.2) is 11.5 Å². The normalized spacial score (nSPS) is 13.3. The van der Waals surface area contributed by atoms with Crippen molar-refractivity contribution < 1.29 is 23.5 Å². The van der Waals surface area contributed by atoms with Gasteiger partial charge in [-0.2, -0.15) is 0 Å². The number of hydrogen-bond donors (Lipinski definition) is 1. The quantitative estimate of drug-likeness (QED) is 0.568. The molecule has 1 atom stereocenters. The van der Waals surface area contributed by atoms with Crippen LogP contribution in [0.3, 0.4) is 0 Å². The van der Waals surface area contributed by atoms with Gasteiger partial charge in [-0.05, 0) is 55.2 Å². The summed E-state index contributed by atoms with van der Waals surface area (Å²) in [5.74, 6) is 0.737. The highest BCUT2D eigenvalue weighted by molar-refractivity contribution is 5.87. The topological polar surface area (TPSA) is 67.9 Å². The summed E-state index contributed by atoms with van der Waals surface area (Å²) >= 11 is 0. The molecule has 0 bridgehead atoms. The maximum absolute atomic E-state index is 13.3. The van der Waals surface area contributed by atoms with Gasteiger partial charge >= 0.3 is 0 Å². The van der Waals surface area contributed by atoms with Crippen LogP contribution < -0.4 is 14.8 Å². The lowest BCUT2D eigenvalue weighted by atomic mass is 10.1. The van der Waals surface area contributed by atoms with Crippen LogP contribution in [-0.2, 0) is 22.6 Å². The molecule has 0 unspecified atom stereocenters. The molecular weight excluding hydrogens is 411 g/mol. The number of nitrogens with zero attached hydrogens (tertiary/aromatic N) is 1. The summed E-state index contributed by atoms with van der Waals surface area (Å²) in [6.07, 6.45) is 2.61. The number of carbonyl (C=O) groups is 2. The lowest BCUT2D eigenvalue weighted by Gasteiger charge is -2.29. The monoisotopic (exact) mass is 442 g/mol. The Hall–Kier alpha value is -3.09. The molecule has 32 heavy (non-hydrogen) atoms. The third kappa shape index (κ3) is 6.45. The standard InChI is InChI=1S/C25H31FN2O4/c1-3-4-13-27-25(30)18(2)28(17-20-5-9-21(26)10-6-20)24(29)12-8-19-7-11-22-23(16-19)32-15-14-31-22/h5-7,9-11,16,18H,3-4,8,12-15,17H2,1-2H3,(H,27,30)/t18-/m0/s1. The van der Waals surface area contributed by atoms with Crippen molar-refractivity contribution in [3.8, 4) is 11.5 Å². The van der Waals surface area contributed by atoms with E-state index in [-0.39, 0.29) is 30.6 Å². The van der Waals surface area contributed by atoms with E-state index in [4.69, 9.17) is 9.47 Å². The number of hydrogen-bond acceptors (Lipinski definition) is 4. The molecule has 172 valence electrons. The van der Waals surface area contributed by atoms with Crippen molar-refractivity contribution in [2.45, 2.75) is 52.1 Å². The number of fused-ring (bicyclic) bond motifs is 1. The van der Waals surface area contributed by atoms with Gasteiger partial charge in [-0.3, -0.25) is 9.59 Å². The van der Waals surface area contributed by atoms with E-state index in [2.05, 4.69) is 12.2 Å². The lowest BCUT2D eigenvalue weighted by molar-refractivity contribution is -0.140. The van der Waals surface area contributed by atoms with E-state index in [1.165, 1.54) is 12.1 Å². The number of benzene rings is 2. The Kier molecular flexibility index (Phi) is 8.48. The van der Waals surface area contributed by atoms with Gasteiger partial charge in [-0.25, -0.2) is 4.39 Å². The summed E-state index contributed by atoms with van der Waals surface area (Å²) in [7, 11) is 0. The molecule has 3 rings (SSSR count). The van der Waals surface area contributed by atoms with Crippen LogP contribution >= 0.6 is 0 Å². The number of ether oxygens (including phenoxy) is 2. The first-order valence-electron chi connectivity index (χ1n) is 11.2. The molecule has 0 spiro atoms. The number of amides is 2. The number of nitrogens with one attached hydrogen (secondary N) is 1. The summed E-state index contributed by atoms with van der Waals surface area (Å²) in [5.41, 5.74) is 1.73. The van der Waals surface area contributed by atoms with Crippen LogP contribution in [0.4, 0.5) is 4.39 Å². The molecule has 1 heterocycles. The van der Waals surface area contributed by atoms with E-state index in [0.29, 0.717) is 37.7 Å². The smallest absolute Gasteiger partial charge is 0.242 e. The van der Waals surface area contributed by atoms with Crippen molar-refractivity contribution in [3.05, 3.63) is 59.4 Å². The van der Waals surface area contributed by atoms with Gasteiger partial charge in [0.2, 0.25) is 11.8 Å². The highest BCUT2D eigenvalue weighted by Crippen LogP contribution is 2.31. The largest absolute Gasteiger partial charge is 0.486 e. The zero-order valence-electron chi connectivity index (χ0n) is 18.7. The highest BCUT2D eigenvalue weighted by Gasteiger charge is 2.26. The van der Waals surface area contributed by atoms with Crippen molar-refractivity contribution in [2.24, 2.45) is 0 Å². The number of unbranched alkanes of at least 4 members (excludes halogenated alkanes) is 1. The second kappa shape index (κ2) is 11.5. The van der Waals surface area contributed by atoms with Crippen molar-refractivity contribution in [1.82, 2.24) is 10.2 Å². The van der Waals surface area contributed by atoms with Gasteiger partial charge in [0, 0.05) is 19.5 Å². The molecule has 0 aromatic heterocycles. The molecule has 1 aliphatic rings. The maximum atomic E-state index is 13.3. The zero-order chi connectivity index (χ0) is 22.9. The van der Waals surface area contributed by atoms with Crippen LogP contribution in [0.15, 0.2) is 42.5 Å². The average molecular weight is 443 g/mol. The van der Waals surface area contributed by atoms with Crippen LogP contribution in [0.25, 0.3) is 0 Å². The second-order valence-electron chi connectivity index (χ2n) is 7.95. The van der Waals surface area contributed by atoms with E-state index in [1.807, 2.05) is 18.2 Å². The summed E-state index contributed by atoms with van der Waals surface area (Å²) in [5, 5.41) is 2.90. The Balaban J connectivity index is 1.68. The Bertz CT molecular complexity index is 917. The minimum absolute atomic E-state index is 0.137. The van der Waals surface area contributed by atoms with Gasteiger partial charge < -0.3 is 19.7 Å². The first-order chi connectivity index (χ1) is 15.5. The molecule has 0 saturated heterocycles. The van der Waals surface area contributed by atoms with Gasteiger partial charge in [0.05, 0.1) is 0 Å². The van der Waals surface area contributed by atoms with Crippen LogP contribution in [0.1, 0.15) is 44.2 Å². The molecule has 1 N–H and O–H groups in total. The summed E-state index contributed by atoms with van der Waals surface area (Å²) in [6, 6.07) is 11.0. The number of halogens is 1. The first kappa shape index (κ1) is 23.6. The number of carbonyl (C=O) groups excluding carboxylic acids is 2. The van der Waals surface area contributed by atoms with Gasteiger partial charge in [0.25, 0.3) is 0 Å². The Morgan fingerprint density at radius 3 is 2.47 bits per heavy atom. The van der Waals surface area contributed by atoms with E-state index in [0.717, 1.165) is 24.0 Å². The van der Waals surface area contributed by atoms with Crippen LogP contribution in [-0.4, -0.2) is 42.5 Å². The molecule has 2 aromatic carbocycles. The number of aryl methyl sites for hydroxylation is 1. The van der Waals surface area contributed by atoms with Gasteiger partial charge in [0.1, 0.15) is 25.1 Å². The minimum atomic E-state index is -0.635. The van der Waals surface area contributed by atoms with Crippen molar-refractivity contribution in [3.63, 3.8) is 0 Å². The fourth-order valence-electron chi connectivity index (χ4n) is 3.54. The molecule has 0 fully saturated rings. The maximum Gasteiger partial charge on any atom is 0.242 e. The summed E-state index contributed by atoms with van der Waals surface area (Å²) in [4.78, 5) is 27.4. The molecule has 1 aliphatic heterocycles. The van der Waals surface area contributed by atoms with Crippen molar-refractivity contribution in [1.29, 1.82) is 0 Å². The highest BCUT2D eigenvalue weighted by atomic mass is 19.1. The Morgan fingerprint density at radius 2 is 1.75 bits per heavy atom. The van der Waals surface area contributed by atoms with Gasteiger partial charge in [-0.15, -0.1) is 0 Å². The average Bonchev–Trinajstić information content (AvgIpc) is 2.81. The third-order valence-corrected chi connectivity index (χ3v) is 5.50. The Labute approximate surface area is 188 Å². The zero-order valence-corrected chi connectivity index (χ0v) is 18.7. The molecule has 2 aromatic rings. The predicted molar refractivity (Wildman–Crippen MR) is 120 cm³/mol. The molecular formula is C25H31FN2O4. The molecule has 2 amide bonds. The second-order valence-corrected chi connectivity index (χ2v) is 7.95. The van der Waals surface area contributed by atoms with Crippen LogP contribution in [0, 0.1) is 5.82 Å². The molecule has 6 nitrogen and oxygen atoms in total. The predicted octanol–water partition coefficient (Wildman–Crippen LogP) is 3.86. The molecule has 0 aliphatic carbocycles. The van der Waals surface area contributed by atoms with E-state index < -0.39 is 6.04 Å². The molecule has 0 saturated carbocycles. The van der Waals surface area contributed by atoms with E-state index in [1.54, 1.807) is 24.0 Å². The Morgan fingerprint density at radius 1 is 1.06 bits per heavy atom. The first-order valence-corrected chi connectivity index (χ1v) is 11.2. The fraction of sp³-hybridized carbons (Fsp3) is 0.440. The van der Waals surface area contributed by atoms with Crippen LogP contribution in [0.2, 0.25) is 0 Å². The SMILES string of the molecule is CCCCNC(=O)[C@H](C)N(Cc1ccc(F)cc1)C(=O)CCc1ccc2c(c1)OCCO2. The van der Waals surface area contributed by atoms with E-state index >= 15 is 0 Å². The minimum Gasteiger partial charge on any atom is -0.486 e. The van der Waals surface area contributed by atoms with Crippen molar-refractivity contribution in [2.75, 3.05) is 19.8 Å². The van der Waals surface area contributed by atoms with E-state index in [9.17, 15) is 14.0 Å². The summed E-state index contributed by atoms with van der Waals surface area (Å²) < 4.78 is 24.5. The molecule has 7 heteroatoms. The van der Waals surface area contributed by atoms with Crippen molar-refractivity contribution >= 4 is 11.8 Å². The summed E-state index contributed by atoms with van der Waals surface area (Å²) in [6.45, 7) is 5.63. The fourth-order valence-corrected chi connectivity index (χ4v) is 3.54. The van der Waals surface area contributed by atoms with Crippen LogP contribution in [0.5, 0.6) is 11.5 Å². The van der Waals surface area contributed by atoms with Gasteiger partial charge in [-0.1, -0.05) is 31.5 Å². The number of rotatable bonds is 10. The third-order valence-electron chi connectivity index (χ3n) is 5.50. The lowest BCUT2D eigenvalue weighted by Crippen LogP contribution is -2.47. The molecule has 0 radical (unpaired) electrons.